The molecule has 14 heteroatoms. The van der Waals surface area contributed by atoms with Crippen LogP contribution in [0.5, 0.6) is 0 Å². The van der Waals surface area contributed by atoms with Gasteiger partial charge in [-0.3, -0.25) is 39.9 Å². The summed E-state index contributed by atoms with van der Waals surface area (Å²) in [6.45, 7) is 31.2. The molecule has 15 rings (SSSR count). The average Bonchev–Trinajstić information content (AvgIpc) is 1.03. The van der Waals surface area contributed by atoms with Gasteiger partial charge in [-0.2, -0.15) is 0 Å². The number of para-hydroxylation sites is 5. The Bertz CT molecular complexity index is 5860. The smallest absolute Gasteiger partial charge is 0.145 e. The quantitative estimate of drug-likeness (QED) is 0.0513. The fraction of sp³-hybridized carbons (Fsp3) is 0.181. The van der Waals surface area contributed by atoms with Gasteiger partial charge in [0.1, 0.15) is 23.0 Å². The number of hydrogen-bond acceptors (Lipinski definition) is 14. The standard InChI is InChI=1S/C24H26N2O.C22H22N2S.C22H24N2.C20H18N2O.C17H14N2S/c1-15-9-17(3)23(18(4)10-15)25-13-21-7-8-22(27-21)14-26-24-19(5)11-16(2)12-20(24)6;1-15-12-16(2)22(17(3)13-15)25-21-11-6-5-10-20(21)23-14-19-9-7-8-18(4)24-19;1-15(2)19-9-7-10-20(16(3)4)22(19)23-14-18-13-12-17-8-5-6-11-21(17)24-18;1-3-7-17(8-4-1)13-21-15-19-11-12-20(23-19)16-22-14-18-9-5-2-6-10-18;1-20-17-9-5-4-8-16(17)18-12-14-11-10-13-6-2-3-7-15(13)19-14/h7-14H,1-6H3;5-14H,1-4H3;5-16H,1-4H3;1-12,15-16H,13-14H2;2-12H,1H3. The summed E-state index contributed by atoms with van der Waals surface area (Å²) in [6, 6.07) is 94.2. The molecule has 0 spiro atoms. The molecule has 0 aliphatic rings. The molecule has 15 aromatic rings. The number of furan rings is 2. The summed E-state index contributed by atoms with van der Waals surface area (Å²) in [4.78, 5) is 49.5. The van der Waals surface area contributed by atoms with Crippen LogP contribution in [-0.2, 0) is 13.1 Å². The highest BCUT2D eigenvalue weighted by molar-refractivity contribution is 7.99. The number of aromatic nitrogens is 3. The summed E-state index contributed by atoms with van der Waals surface area (Å²) in [5, 5.41) is 2.30. The second kappa shape index (κ2) is 43.9. The van der Waals surface area contributed by atoms with Gasteiger partial charge in [-0.1, -0.05) is 250 Å². The number of nitrogens with zero attached hydrogens (tertiary/aromatic N) is 10. The van der Waals surface area contributed by atoms with Gasteiger partial charge >= 0.3 is 0 Å². The topological polar surface area (TPSA) is 151 Å². The lowest BCUT2D eigenvalue weighted by atomic mass is 9.93. The fourth-order valence-electron chi connectivity index (χ4n) is 13.5. The molecule has 0 N–H and O–H groups in total. The van der Waals surface area contributed by atoms with Crippen molar-refractivity contribution in [3.63, 3.8) is 0 Å². The highest BCUT2D eigenvalue weighted by Crippen LogP contribution is 2.40. The predicted molar refractivity (Wildman–Crippen MR) is 507 cm³/mol. The van der Waals surface area contributed by atoms with Crippen LogP contribution in [-0.4, -0.2) is 64.7 Å². The SMILES string of the molecule is C(=NCc1ccccc1)c1ccc(C=NCc2ccccc2)o1.CC(C)c1cccc(C(C)C)c1N=Cc1ccc2ccccc2n1.CSc1ccccc1N=Cc1ccc2ccccc2n1.Cc1cc(C)c(N=Cc2ccc(C=Nc3c(C)cc(C)cc3C)o2)c(C)c1.Cc1cc(C)c(Sc2ccccc2N=Cc2cccc(C)n2)c(C)c1. The third kappa shape index (κ3) is 26.3. The molecule has 0 bridgehead atoms. The molecule has 0 aliphatic heterocycles. The van der Waals surface area contributed by atoms with Crippen LogP contribution in [0.4, 0.5) is 28.4 Å². The van der Waals surface area contributed by atoms with E-state index < -0.39 is 0 Å². The molecule has 598 valence electrons. The zero-order valence-electron chi connectivity index (χ0n) is 70.8. The molecule has 12 nitrogen and oxygen atoms in total. The largest absolute Gasteiger partial charge is 0.454 e. The van der Waals surface area contributed by atoms with Crippen LogP contribution in [0, 0.1) is 69.2 Å². The molecule has 0 fully saturated rings. The van der Waals surface area contributed by atoms with Crippen molar-refractivity contribution in [2.45, 2.75) is 137 Å². The van der Waals surface area contributed by atoms with E-state index in [0.29, 0.717) is 36.4 Å². The van der Waals surface area contributed by atoms with E-state index in [4.69, 9.17) is 18.8 Å². The second-order valence-corrected chi connectivity index (χ2v) is 31.7. The minimum absolute atomic E-state index is 0.445. The Hall–Kier alpha value is -12.9. The van der Waals surface area contributed by atoms with Gasteiger partial charge in [-0.15, -0.1) is 11.8 Å². The normalized spacial score (nSPS) is 11.5. The van der Waals surface area contributed by atoms with Crippen LogP contribution >= 0.6 is 23.5 Å². The summed E-state index contributed by atoms with van der Waals surface area (Å²) in [5.41, 5.74) is 26.7. The van der Waals surface area contributed by atoms with Gasteiger partial charge in [-0.05, 0) is 228 Å². The lowest BCUT2D eigenvalue weighted by Gasteiger charge is -2.16. The molecule has 0 aliphatic carbocycles. The maximum Gasteiger partial charge on any atom is 0.145 e. The van der Waals surface area contributed by atoms with E-state index in [1.54, 1.807) is 48.4 Å². The van der Waals surface area contributed by atoms with Crippen molar-refractivity contribution in [3.8, 4) is 0 Å². The molecule has 0 atom stereocenters. The number of fused-ring (bicyclic) bond motifs is 2. The van der Waals surface area contributed by atoms with Gasteiger partial charge in [-0.25, -0.2) is 9.97 Å². The monoisotopic (exact) mass is 1600 g/mol. The van der Waals surface area contributed by atoms with E-state index >= 15 is 0 Å². The first-order valence-electron chi connectivity index (χ1n) is 40.1. The van der Waals surface area contributed by atoms with E-state index in [0.717, 1.165) is 89.4 Å². The number of aryl methyl sites for hydroxylation is 10. The van der Waals surface area contributed by atoms with Crippen LogP contribution in [0.2, 0.25) is 0 Å². The van der Waals surface area contributed by atoms with Crippen molar-refractivity contribution in [2.24, 2.45) is 34.9 Å². The first-order chi connectivity index (χ1) is 57.7. The molecule has 119 heavy (non-hydrogen) atoms. The number of aliphatic imine (C=N–C) groups is 7. The van der Waals surface area contributed by atoms with Crippen LogP contribution in [0.1, 0.15) is 158 Å². The highest BCUT2D eigenvalue weighted by atomic mass is 32.2. The minimum Gasteiger partial charge on any atom is -0.454 e. The van der Waals surface area contributed by atoms with Gasteiger partial charge in [0.05, 0.1) is 113 Å². The van der Waals surface area contributed by atoms with Crippen LogP contribution < -0.4 is 0 Å². The lowest BCUT2D eigenvalue weighted by Crippen LogP contribution is -1.96. The van der Waals surface area contributed by atoms with E-state index in [2.05, 4.69) is 258 Å². The Morgan fingerprint density at radius 3 is 1.13 bits per heavy atom. The molecule has 5 heterocycles. The Morgan fingerprint density at radius 1 is 0.319 bits per heavy atom. The lowest BCUT2D eigenvalue weighted by molar-refractivity contribution is 0.552. The summed E-state index contributed by atoms with van der Waals surface area (Å²) in [7, 11) is 0. The van der Waals surface area contributed by atoms with E-state index in [9.17, 15) is 0 Å². The van der Waals surface area contributed by atoms with Crippen molar-refractivity contribution < 1.29 is 8.83 Å². The Kier molecular flexibility index (Phi) is 32.1. The van der Waals surface area contributed by atoms with E-state index in [-0.39, 0.29) is 0 Å². The molecule has 0 saturated heterocycles. The number of thioether (sulfide) groups is 1. The molecule has 5 aromatic heterocycles. The van der Waals surface area contributed by atoms with Gasteiger partial charge in [0.25, 0.3) is 0 Å². The fourth-order valence-corrected chi connectivity index (χ4v) is 15.1. The third-order valence-corrected chi connectivity index (χ3v) is 21.3. The van der Waals surface area contributed by atoms with E-state index in [1.807, 2.05) is 183 Å². The summed E-state index contributed by atoms with van der Waals surface area (Å²) in [6.07, 6.45) is 14.6. The van der Waals surface area contributed by atoms with Crippen molar-refractivity contribution in [1.82, 2.24) is 15.0 Å². The van der Waals surface area contributed by atoms with Crippen LogP contribution in [0.15, 0.2) is 338 Å². The molecule has 0 unspecified atom stereocenters. The predicted octanol–water partition coefficient (Wildman–Crippen LogP) is 28.3. The van der Waals surface area contributed by atoms with Gasteiger partial charge in [0.15, 0.2) is 0 Å². The number of rotatable bonds is 21. The third-order valence-electron chi connectivity index (χ3n) is 19.1. The van der Waals surface area contributed by atoms with E-state index in [1.165, 1.54) is 82.1 Å². The Morgan fingerprint density at radius 2 is 0.689 bits per heavy atom. The first-order valence-corrected chi connectivity index (χ1v) is 42.1. The van der Waals surface area contributed by atoms with Crippen molar-refractivity contribution in [1.29, 1.82) is 0 Å². The van der Waals surface area contributed by atoms with Crippen molar-refractivity contribution in [3.05, 3.63) is 397 Å². The van der Waals surface area contributed by atoms with Gasteiger partial charge in [0, 0.05) is 31.2 Å². The van der Waals surface area contributed by atoms with Crippen molar-refractivity contribution >= 4 is 117 Å². The molecule has 0 radical (unpaired) electrons. The summed E-state index contributed by atoms with van der Waals surface area (Å²) < 4.78 is 11.5. The summed E-state index contributed by atoms with van der Waals surface area (Å²) >= 11 is 3.48. The number of pyridine rings is 3. The Labute approximate surface area is 711 Å². The summed E-state index contributed by atoms with van der Waals surface area (Å²) in [5.74, 6) is 3.80. The maximum atomic E-state index is 5.84. The molecule has 0 amide bonds. The average molecular weight is 1600 g/mol. The second-order valence-electron chi connectivity index (χ2n) is 29.8. The zero-order valence-corrected chi connectivity index (χ0v) is 72.4. The maximum absolute atomic E-state index is 5.84. The van der Waals surface area contributed by atoms with Gasteiger partial charge in [0.2, 0.25) is 0 Å². The molecular formula is C105H104N10O2S2. The zero-order chi connectivity index (χ0) is 84.0. The first kappa shape index (κ1) is 87.0. The van der Waals surface area contributed by atoms with Crippen LogP contribution in [0.3, 0.4) is 0 Å². The molecular weight excluding hydrogens is 1500 g/mol. The number of benzene rings is 10. The molecule has 10 aromatic carbocycles. The minimum atomic E-state index is 0.445. The number of hydrogen-bond donors (Lipinski definition) is 0. The van der Waals surface area contributed by atoms with Gasteiger partial charge < -0.3 is 8.83 Å². The van der Waals surface area contributed by atoms with Crippen molar-refractivity contribution in [2.75, 3.05) is 6.26 Å². The molecule has 0 saturated carbocycles. The Balaban J connectivity index is 0.000000146. The highest BCUT2D eigenvalue weighted by Gasteiger charge is 2.15. The van der Waals surface area contributed by atoms with Crippen LogP contribution in [0.25, 0.3) is 21.8 Å².